The molecule has 11 nitrogen and oxygen atoms in total. The van der Waals surface area contributed by atoms with Crippen molar-refractivity contribution in [3.05, 3.63) is 53.8 Å². The fourth-order valence-corrected chi connectivity index (χ4v) is 7.38. The normalized spacial score (nSPS) is 22.7. The Kier molecular flexibility index (Phi) is 13.6. The van der Waals surface area contributed by atoms with E-state index < -0.39 is 33.9 Å². The average Bonchev–Trinajstić information content (AvgIpc) is 3.06. The first-order valence-electron chi connectivity index (χ1n) is 17.0. The van der Waals surface area contributed by atoms with E-state index in [0.29, 0.717) is 30.9 Å². The lowest BCUT2D eigenvalue weighted by atomic mass is 9.96. The largest absolute Gasteiger partial charge is 0.490 e. The molecule has 1 fully saturated rings. The van der Waals surface area contributed by atoms with Crippen molar-refractivity contribution in [1.82, 2.24) is 14.5 Å². The van der Waals surface area contributed by atoms with E-state index in [4.69, 9.17) is 9.47 Å². The SMILES string of the molecule is C[C@@H]1CCCCO[C@@H](CN(C)S(=O)(=O)c2ccc(F)cc2)[C@H](C)CN([C@H](C)CO)C(=O)c2cc(NC(=O)NC3CCCCC3)ccc2O1. The maximum absolute atomic E-state index is 14.3. The Bertz CT molecular complexity index is 1470. The Balaban J connectivity index is 1.60. The van der Waals surface area contributed by atoms with E-state index in [9.17, 15) is 27.5 Å². The number of rotatable bonds is 8. The van der Waals surface area contributed by atoms with Gasteiger partial charge in [0.25, 0.3) is 5.91 Å². The minimum absolute atomic E-state index is 0.00329. The molecule has 1 saturated carbocycles. The van der Waals surface area contributed by atoms with Crippen molar-refractivity contribution in [2.75, 3.05) is 38.7 Å². The molecule has 0 saturated heterocycles. The topological polar surface area (TPSA) is 138 Å². The van der Waals surface area contributed by atoms with E-state index in [0.717, 1.165) is 44.2 Å². The first-order chi connectivity index (χ1) is 22.9. The number of ether oxygens (including phenoxy) is 2. The number of hydrogen-bond acceptors (Lipinski definition) is 7. The second kappa shape index (κ2) is 17.4. The second-order valence-electron chi connectivity index (χ2n) is 13.2. The van der Waals surface area contributed by atoms with Gasteiger partial charge in [0.2, 0.25) is 10.0 Å². The molecule has 2 aliphatic rings. The summed E-state index contributed by atoms with van der Waals surface area (Å²) in [4.78, 5) is 28.7. The highest BCUT2D eigenvalue weighted by Crippen LogP contribution is 2.29. The van der Waals surface area contributed by atoms with Crippen molar-refractivity contribution < 1.29 is 37.0 Å². The van der Waals surface area contributed by atoms with Gasteiger partial charge >= 0.3 is 6.03 Å². The van der Waals surface area contributed by atoms with E-state index in [1.807, 2.05) is 13.8 Å². The van der Waals surface area contributed by atoms with Gasteiger partial charge in [0.1, 0.15) is 11.6 Å². The first-order valence-corrected chi connectivity index (χ1v) is 18.5. The highest BCUT2D eigenvalue weighted by atomic mass is 32.2. The monoisotopic (exact) mass is 690 g/mol. The number of likely N-dealkylation sites (N-methyl/N-ethyl adjacent to an activating group) is 1. The molecule has 2 aromatic rings. The van der Waals surface area contributed by atoms with Gasteiger partial charge in [0, 0.05) is 44.4 Å². The molecule has 0 radical (unpaired) electrons. The number of carbonyl (C=O) groups is 2. The summed E-state index contributed by atoms with van der Waals surface area (Å²) in [6.45, 7) is 5.76. The molecule has 0 spiro atoms. The Morgan fingerprint density at radius 1 is 1.06 bits per heavy atom. The van der Waals surface area contributed by atoms with E-state index in [1.165, 1.54) is 29.9 Å². The lowest BCUT2D eigenvalue weighted by Crippen LogP contribution is -2.48. The molecule has 0 unspecified atom stereocenters. The van der Waals surface area contributed by atoms with Crippen LogP contribution in [0.25, 0.3) is 0 Å². The van der Waals surface area contributed by atoms with Crippen molar-refractivity contribution in [3.63, 3.8) is 0 Å². The van der Waals surface area contributed by atoms with Crippen LogP contribution in [0.4, 0.5) is 14.9 Å². The molecule has 0 aromatic heterocycles. The number of urea groups is 1. The van der Waals surface area contributed by atoms with Crippen LogP contribution in [0.2, 0.25) is 0 Å². The van der Waals surface area contributed by atoms with Crippen LogP contribution >= 0.6 is 0 Å². The van der Waals surface area contributed by atoms with Crippen LogP contribution in [0.15, 0.2) is 47.4 Å². The van der Waals surface area contributed by atoms with Crippen molar-refractivity contribution in [2.24, 2.45) is 5.92 Å². The Morgan fingerprint density at radius 3 is 2.44 bits per heavy atom. The minimum atomic E-state index is -3.95. The van der Waals surface area contributed by atoms with E-state index in [-0.39, 0.29) is 54.3 Å². The number of aliphatic hydroxyl groups excluding tert-OH is 1. The second-order valence-corrected chi connectivity index (χ2v) is 15.2. The predicted octanol–water partition coefficient (Wildman–Crippen LogP) is 5.40. The molecule has 3 amide bonds. The zero-order valence-corrected chi connectivity index (χ0v) is 29.3. The molecule has 48 heavy (non-hydrogen) atoms. The number of aliphatic hydroxyl groups is 1. The molecule has 3 N–H and O–H groups in total. The number of amides is 3. The van der Waals surface area contributed by atoms with E-state index in [1.54, 1.807) is 30.0 Å². The number of halogens is 1. The maximum Gasteiger partial charge on any atom is 0.319 e. The summed E-state index contributed by atoms with van der Waals surface area (Å²) in [6.07, 6.45) is 6.57. The number of fused-ring (bicyclic) bond motifs is 1. The molecule has 13 heteroatoms. The molecule has 1 aliphatic carbocycles. The lowest BCUT2D eigenvalue weighted by Gasteiger charge is -2.35. The van der Waals surface area contributed by atoms with Crippen LogP contribution in [0, 0.1) is 11.7 Å². The predicted molar refractivity (Wildman–Crippen MR) is 182 cm³/mol. The third-order valence-electron chi connectivity index (χ3n) is 9.21. The number of carbonyl (C=O) groups excluding carboxylic acids is 2. The number of hydrogen-bond donors (Lipinski definition) is 3. The van der Waals surface area contributed by atoms with Gasteiger partial charge in [-0.1, -0.05) is 26.2 Å². The molecule has 2 aromatic carbocycles. The number of nitrogens with one attached hydrogen (secondary N) is 2. The fourth-order valence-electron chi connectivity index (χ4n) is 6.20. The van der Waals surface area contributed by atoms with Crippen molar-refractivity contribution in [3.8, 4) is 5.75 Å². The maximum atomic E-state index is 14.3. The van der Waals surface area contributed by atoms with Gasteiger partial charge in [-0.15, -0.1) is 0 Å². The summed E-state index contributed by atoms with van der Waals surface area (Å²) in [5, 5.41) is 16.1. The van der Waals surface area contributed by atoms with Crippen LogP contribution in [0.3, 0.4) is 0 Å². The Hall–Kier alpha value is -3.26. The molecule has 0 bridgehead atoms. The van der Waals surface area contributed by atoms with Gasteiger partial charge in [0.15, 0.2) is 0 Å². The average molecular weight is 691 g/mol. The molecule has 1 heterocycles. The van der Waals surface area contributed by atoms with Gasteiger partial charge in [-0.3, -0.25) is 4.79 Å². The zero-order chi connectivity index (χ0) is 34.8. The summed E-state index contributed by atoms with van der Waals surface area (Å²) in [6, 6.07) is 8.87. The van der Waals surface area contributed by atoms with Crippen molar-refractivity contribution >= 4 is 27.6 Å². The molecule has 1 aliphatic heterocycles. The van der Waals surface area contributed by atoms with Crippen LogP contribution in [-0.2, 0) is 14.8 Å². The quantitative estimate of drug-likeness (QED) is 0.338. The first kappa shape index (κ1) is 37.6. The third-order valence-corrected chi connectivity index (χ3v) is 11.0. The zero-order valence-electron chi connectivity index (χ0n) is 28.5. The Labute approximate surface area is 284 Å². The smallest absolute Gasteiger partial charge is 0.319 e. The summed E-state index contributed by atoms with van der Waals surface area (Å²) in [5.74, 6) is -0.912. The Morgan fingerprint density at radius 2 is 1.75 bits per heavy atom. The third kappa shape index (κ3) is 10.1. The number of nitrogens with zero attached hydrogens (tertiary/aromatic N) is 2. The van der Waals surface area contributed by atoms with E-state index in [2.05, 4.69) is 10.6 Å². The van der Waals surface area contributed by atoms with Gasteiger partial charge < -0.3 is 30.1 Å². The lowest BCUT2D eigenvalue weighted by molar-refractivity contribution is -0.00834. The van der Waals surface area contributed by atoms with E-state index >= 15 is 0 Å². The van der Waals surface area contributed by atoms with Crippen molar-refractivity contribution in [1.29, 1.82) is 0 Å². The molecule has 4 rings (SSSR count). The van der Waals surface area contributed by atoms with Gasteiger partial charge in [-0.25, -0.2) is 17.6 Å². The number of benzene rings is 2. The van der Waals surface area contributed by atoms with Crippen LogP contribution in [0.5, 0.6) is 5.75 Å². The highest BCUT2D eigenvalue weighted by molar-refractivity contribution is 7.89. The van der Waals surface area contributed by atoms with Crippen molar-refractivity contribution in [2.45, 2.75) is 101 Å². The summed E-state index contributed by atoms with van der Waals surface area (Å²) in [7, 11) is -2.49. The summed E-state index contributed by atoms with van der Waals surface area (Å²) < 4.78 is 53.9. The molecule has 4 atom stereocenters. The summed E-state index contributed by atoms with van der Waals surface area (Å²) in [5.41, 5.74) is 0.682. The minimum Gasteiger partial charge on any atom is -0.490 e. The molecular weight excluding hydrogens is 639 g/mol. The number of anilines is 1. The standard InChI is InChI=1S/C35H51FN4O7S/c1-24-21-40(25(2)23-41)34(42)31-20-29(38-35(43)37-28-11-6-5-7-12-28)15-18-32(31)47-26(3)10-8-9-19-46-33(24)22-39(4)48(44,45)30-16-13-27(36)14-17-30/h13-18,20,24-26,28,33,41H,5-12,19,21-23H2,1-4H3,(H2,37,38,43)/t24-,25-,26-,33+/m1/s1. The molecular formula is C35H51FN4O7S. The van der Waals surface area contributed by atoms with Crippen LogP contribution in [-0.4, -0.2) is 92.3 Å². The summed E-state index contributed by atoms with van der Waals surface area (Å²) >= 11 is 0. The highest BCUT2D eigenvalue weighted by Gasteiger charge is 2.32. The fraction of sp³-hybridized carbons (Fsp3) is 0.600. The van der Waals surface area contributed by atoms with Crippen LogP contribution < -0.4 is 15.4 Å². The van der Waals surface area contributed by atoms with Gasteiger partial charge in [-0.2, -0.15) is 4.31 Å². The van der Waals surface area contributed by atoms with Gasteiger partial charge in [-0.05, 0) is 88.4 Å². The van der Waals surface area contributed by atoms with Crippen LogP contribution in [0.1, 0.15) is 82.5 Å². The van der Waals surface area contributed by atoms with Gasteiger partial charge in [0.05, 0.1) is 35.3 Å². The molecule has 266 valence electrons. The number of sulfonamides is 1.